The van der Waals surface area contributed by atoms with Gasteiger partial charge in [-0.2, -0.15) is 0 Å². The van der Waals surface area contributed by atoms with Crippen molar-refractivity contribution in [2.24, 2.45) is 5.92 Å². The summed E-state index contributed by atoms with van der Waals surface area (Å²) in [5, 5.41) is 11.8. The van der Waals surface area contributed by atoms with Gasteiger partial charge in [-0.05, 0) is 28.9 Å². The van der Waals surface area contributed by atoms with E-state index in [1.54, 1.807) is 0 Å². The molecule has 1 atom stereocenters. The molecular weight excluding hydrogens is 298 g/mol. The lowest BCUT2D eigenvalue weighted by Crippen LogP contribution is -2.14. The van der Waals surface area contributed by atoms with Crippen molar-refractivity contribution in [1.82, 2.24) is 4.98 Å². The summed E-state index contributed by atoms with van der Waals surface area (Å²) >= 11 is 0. The number of carboxylic acid groups (broad SMARTS) is 1. The molecule has 3 aromatic rings. The normalized spacial score (nSPS) is 12.5. The minimum absolute atomic E-state index is 0.328. The fourth-order valence-corrected chi connectivity index (χ4v) is 3.12. The average molecular weight is 319 g/mol. The molecule has 3 nitrogen and oxygen atoms in total. The van der Waals surface area contributed by atoms with E-state index >= 15 is 0 Å². The summed E-state index contributed by atoms with van der Waals surface area (Å²) in [5.74, 6) is -0.918. The van der Waals surface area contributed by atoms with E-state index in [0.29, 0.717) is 12.3 Å². The van der Waals surface area contributed by atoms with Crippen molar-refractivity contribution in [2.75, 3.05) is 0 Å². The molecule has 3 heteroatoms. The zero-order valence-electron chi connectivity index (χ0n) is 13.9. The first kappa shape index (κ1) is 16.2. The lowest BCUT2D eigenvalue weighted by Gasteiger charge is -2.16. The van der Waals surface area contributed by atoms with E-state index in [1.807, 2.05) is 54.9 Å². The molecule has 1 heterocycles. The number of nitrogens with zero attached hydrogens (tertiary/aromatic N) is 1. The van der Waals surface area contributed by atoms with Gasteiger partial charge in [0.25, 0.3) is 0 Å². The van der Waals surface area contributed by atoms with E-state index in [-0.39, 0.29) is 0 Å². The average Bonchev–Trinajstić information content (AvgIpc) is 2.59. The molecule has 0 aliphatic carbocycles. The molecule has 1 unspecified atom stereocenters. The van der Waals surface area contributed by atoms with Gasteiger partial charge in [0.2, 0.25) is 0 Å². The van der Waals surface area contributed by atoms with Gasteiger partial charge in [-0.1, -0.05) is 62.4 Å². The first-order valence-electron chi connectivity index (χ1n) is 8.22. The Morgan fingerprint density at radius 1 is 1.08 bits per heavy atom. The molecule has 0 aliphatic rings. The number of fused-ring (bicyclic) bond motifs is 1. The Labute approximate surface area is 142 Å². The third-order valence-electron chi connectivity index (χ3n) is 4.27. The molecule has 3 rings (SSSR count). The minimum atomic E-state index is -0.767. The molecule has 1 aromatic heterocycles. The Bertz CT molecular complexity index is 865. The van der Waals surface area contributed by atoms with Gasteiger partial charge in [-0.15, -0.1) is 0 Å². The highest BCUT2D eigenvalue weighted by molar-refractivity contribution is 5.95. The van der Waals surface area contributed by atoms with Gasteiger partial charge < -0.3 is 5.11 Å². The zero-order chi connectivity index (χ0) is 17.1. The summed E-state index contributed by atoms with van der Waals surface area (Å²) < 4.78 is 0. The Kier molecular flexibility index (Phi) is 4.61. The topological polar surface area (TPSA) is 50.2 Å². The van der Waals surface area contributed by atoms with Crippen LogP contribution >= 0.6 is 0 Å². The summed E-state index contributed by atoms with van der Waals surface area (Å²) in [6.07, 6.45) is 4.33. The highest BCUT2D eigenvalue weighted by Crippen LogP contribution is 2.31. The number of hydrogen-bond donors (Lipinski definition) is 1. The van der Waals surface area contributed by atoms with Gasteiger partial charge in [0.15, 0.2) is 0 Å². The number of carbonyl (C=O) groups is 1. The Morgan fingerprint density at radius 3 is 2.62 bits per heavy atom. The number of aliphatic carboxylic acids is 1. The first-order chi connectivity index (χ1) is 11.6. The second-order valence-corrected chi connectivity index (χ2v) is 6.55. The maximum absolute atomic E-state index is 11.7. The lowest BCUT2D eigenvalue weighted by molar-refractivity contribution is -0.139. The summed E-state index contributed by atoms with van der Waals surface area (Å²) in [5.41, 5.74) is 2.89. The van der Waals surface area contributed by atoms with Crippen LogP contribution in [0.1, 0.15) is 31.7 Å². The van der Waals surface area contributed by atoms with Crippen LogP contribution in [-0.2, 0) is 4.79 Å². The first-order valence-corrected chi connectivity index (χ1v) is 8.22. The van der Waals surface area contributed by atoms with Crippen LogP contribution in [0.25, 0.3) is 21.9 Å². The molecule has 2 aromatic carbocycles. The smallest absolute Gasteiger partial charge is 0.310 e. The second kappa shape index (κ2) is 6.83. The van der Waals surface area contributed by atoms with Gasteiger partial charge in [-0.3, -0.25) is 9.78 Å². The summed E-state index contributed by atoms with van der Waals surface area (Å²) in [6, 6.07) is 16.0. The van der Waals surface area contributed by atoms with Crippen LogP contribution in [0.15, 0.2) is 60.9 Å². The summed E-state index contributed by atoms with van der Waals surface area (Å²) in [6.45, 7) is 4.10. The van der Waals surface area contributed by atoms with Crippen LogP contribution in [0.3, 0.4) is 0 Å². The number of hydrogen-bond acceptors (Lipinski definition) is 2. The molecule has 0 amide bonds. The molecule has 0 saturated heterocycles. The van der Waals surface area contributed by atoms with Crippen molar-refractivity contribution in [3.05, 3.63) is 66.5 Å². The molecule has 0 radical (unpaired) electrons. The van der Waals surface area contributed by atoms with Crippen molar-refractivity contribution in [3.63, 3.8) is 0 Å². The van der Waals surface area contributed by atoms with Crippen LogP contribution < -0.4 is 0 Å². The van der Waals surface area contributed by atoms with Crippen molar-refractivity contribution in [1.29, 1.82) is 0 Å². The van der Waals surface area contributed by atoms with Crippen LogP contribution in [0, 0.1) is 5.92 Å². The number of benzene rings is 2. The largest absolute Gasteiger partial charge is 0.481 e. The van der Waals surface area contributed by atoms with E-state index in [2.05, 4.69) is 24.9 Å². The van der Waals surface area contributed by atoms with Crippen LogP contribution in [0.4, 0.5) is 0 Å². The summed E-state index contributed by atoms with van der Waals surface area (Å²) in [4.78, 5) is 16.0. The van der Waals surface area contributed by atoms with E-state index in [4.69, 9.17) is 0 Å². The molecule has 24 heavy (non-hydrogen) atoms. The van der Waals surface area contributed by atoms with E-state index in [1.165, 1.54) is 0 Å². The quantitative estimate of drug-likeness (QED) is 0.710. The molecule has 0 spiro atoms. The maximum Gasteiger partial charge on any atom is 0.310 e. The SMILES string of the molecule is CC(C)CC(C(=O)O)c1cccc(-c2cncc3ccccc23)c1. The zero-order valence-corrected chi connectivity index (χ0v) is 13.9. The van der Waals surface area contributed by atoms with Crippen molar-refractivity contribution >= 4 is 16.7 Å². The molecule has 0 saturated carbocycles. The fourth-order valence-electron chi connectivity index (χ4n) is 3.12. The predicted molar refractivity (Wildman–Crippen MR) is 97.0 cm³/mol. The third-order valence-corrected chi connectivity index (χ3v) is 4.27. The van der Waals surface area contributed by atoms with Crippen molar-refractivity contribution < 1.29 is 9.90 Å². The van der Waals surface area contributed by atoms with E-state index in [0.717, 1.165) is 27.5 Å². The maximum atomic E-state index is 11.7. The lowest BCUT2D eigenvalue weighted by atomic mass is 9.88. The third kappa shape index (κ3) is 3.30. The van der Waals surface area contributed by atoms with Crippen LogP contribution in [0.2, 0.25) is 0 Å². The Morgan fingerprint density at radius 2 is 1.88 bits per heavy atom. The molecular formula is C21H21NO2. The molecule has 0 aliphatic heterocycles. The fraction of sp³-hybridized carbons (Fsp3) is 0.238. The minimum Gasteiger partial charge on any atom is -0.481 e. The Hall–Kier alpha value is -2.68. The van der Waals surface area contributed by atoms with Crippen LogP contribution in [-0.4, -0.2) is 16.1 Å². The van der Waals surface area contributed by atoms with Gasteiger partial charge in [0, 0.05) is 23.3 Å². The van der Waals surface area contributed by atoms with E-state index < -0.39 is 11.9 Å². The van der Waals surface area contributed by atoms with Crippen molar-refractivity contribution in [2.45, 2.75) is 26.2 Å². The number of carboxylic acids is 1. The molecule has 0 fully saturated rings. The second-order valence-electron chi connectivity index (χ2n) is 6.55. The number of aromatic nitrogens is 1. The van der Waals surface area contributed by atoms with Gasteiger partial charge in [0.1, 0.15) is 0 Å². The highest BCUT2D eigenvalue weighted by Gasteiger charge is 2.21. The number of rotatable bonds is 5. The van der Waals surface area contributed by atoms with E-state index in [9.17, 15) is 9.90 Å². The summed E-state index contributed by atoms with van der Waals surface area (Å²) in [7, 11) is 0. The molecule has 0 bridgehead atoms. The Balaban J connectivity index is 2.08. The van der Waals surface area contributed by atoms with Crippen molar-refractivity contribution in [3.8, 4) is 11.1 Å². The van der Waals surface area contributed by atoms with Crippen LogP contribution in [0.5, 0.6) is 0 Å². The van der Waals surface area contributed by atoms with Gasteiger partial charge in [-0.25, -0.2) is 0 Å². The highest BCUT2D eigenvalue weighted by atomic mass is 16.4. The van der Waals surface area contributed by atoms with Gasteiger partial charge >= 0.3 is 5.97 Å². The number of pyridine rings is 1. The molecule has 1 N–H and O–H groups in total. The predicted octanol–water partition coefficient (Wildman–Crippen LogP) is 5.12. The standard InChI is InChI=1S/C21H21NO2/c1-14(2)10-19(21(23)24)15-7-5-8-16(11-15)20-13-22-12-17-6-3-4-9-18(17)20/h3-9,11-14,19H,10H2,1-2H3,(H,23,24). The monoisotopic (exact) mass is 319 g/mol. The van der Waals surface area contributed by atoms with Gasteiger partial charge in [0.05, 0.1) is 5.92 Å². The molecule has 122 valence electrons.